The van der Waals surface area contributed by atoms with Crippen LogP contribution in [0.15, 0.2) is 12.1 Å². The summed E-state index contributed by atoms with van der Waals surface area (Å²) in [6.45, 7) is 3.41. The van der Waals surface area contributed by atoms with Gasteiger partial charge in [-0.1, -0.05) is 6.07 Å². The Hall–Kier alpha value is -1.42. The Bertz CT molecular complexity index is 390. The number of aryl methyl sites for hydroxylation is 1. The molecule has 4 heteroatoms. The summed E-state index contributed by atoms with van der Waals surface area (Å²) in [6, 6.07) is 2.32. The number of hydrogen-bond acceptors (Lipinski definition) is 2. The molecule has 3 N–H and O–H groups in total. The summed E-state index contributed by atoms with van der Waals surface area (Å²) in [4.78, 5) is 10.5. The molecular formula is C11H14FNO2. The fourth-order valence-corrected chi connectivity index (χ4v) is 1.70. The van der Waals surface area contributed by atoms with Crippen molar-refractivity contribution in [2.75, 3.05) is 0 Å². The maximum Gasteiger partial charge on any atom is 0.305 e. The number of benzene rings is 1. The van der Waals surface area contributed by atoms with Crippen LogP contribution in [-0.2, 0) is 4.79 Å². The van der Waals surface area contributed by atoms with Crippen LogP contribution >= 0.6 is 0 Å². The van der Waals surface area contributed by atoms with Crippen molar-refractivity contribution in [2.45, 2.75) is 26.3 Å². The molecule has 1 atom stereocenters. The van der Waals surface area contributed by atoms with Crippen molar-refractivity contribution in [3.05, 3.63) is 34.6 Å². The van der Waals surface area contributed by atoms with E-state index in [1.807, 2.05) is 0 Å². The van der Waals surface area contributed by atoms with Crippen molar-refractivity contribution in [1.82, 2.24) is 0 Å². The van der Waals surface area contributed by atoms with E-state index < -0.39 is 12.0 Å². The van der Waals surface area contributed by atoms with E-state index in [1.54, 1.807) is 19.9 Å². The fraction of sp³-hybridized carbons (Fsp3) is 0.364. The maximum absolute atomic E-state index is 13.3. The van der Waals surface area contributed by atoms with Gasteiger partial charge in [-0.25, -0.2) is 4.39 Å². The number of aliphatic carboxylic acids is 1. The van der Waals surface area contributed by atoms with E-state index in [1.165, 1.54) is 6.07 Å². The van der Waals surface area contributed by atoms with E-state index in [4.69, 9.17) is 10.8 Å². The lowest BCUT2D eigenvalue weighted by atomic mass is 9.94. The van der Waals surface area contributed by atoms with Crippen LogP contribution in [0.2, 0.25) is 0 Å². The van der Waals surface area contributed by atoms with Crippen molar-refractivity contribution in [2.24, 2.45) is 5.73 Å². The fourth-order valence-electron chi connectivity index (χ4n) is 1.70. The van der Waals surface area contributed by atoms with Gasteiger partial charge in [0, 0.05) is 6.04 Å². The van der Waals surface area contributed by atoms with Gasteiger partial charge < -0.3 is 10.8 Å². The second-order valence-corrected chi connectivity index (χ2v) is 3.61. The van der Waals surface area contributed by atoms with Gasteiger partial charge in [0.25, 0.3) is 0 Å². The highest BCUT2D eigenvalue weighted by atomic mass is 19.1. The van der Waals surface area contributed by atoms with Gasteiger partial charge in [-0.3, -0.25) is 4.79 Å². The van der Waals surface area contributed by atoms with Gasteiger partial charge in [0.05, 0.1) is 6.42 Å². The molecule has 3 nitrogen and oxygen atoms in total. The van der Waals surface area contributed by atoms with Gasteiger partial charge in [0.1, 0.15) is 5.82 Å². The third-order valence-electron chi connectivity index (χ3n) is 2.43. The summed E-state index contributed by atoms with van der Waals surface area (Å²) in [5.41, 5.74) is 7.57. The number of carboxylic acid groups (broad SMARTS) is 1. The first-order chi connectivity index (χ1) is 6.93. The molecule has 0 aliphatic heterocycles. The highest BCUT2D eigenvalue weighted by Crippen LogP contribution is 2.24. The van der Waals surface area contributed by atoms with Gasteiger partial charge >= 0.3 is 5.97 Å². The molecule has 1 rings (SSSR count). The largest absolute Gasteiger partial charge is 0.481 e. The average molecular weight is 211 g/mol. The minimum absolute atomic E-state index is 0.189. The summed E-state index contributed by atoms with van der Waals surface area (Å²) in [6.07, 6.45) is -0.189. The van der Waals surface area contributed by atoms with Crippen molar-refractivity contribution in [3.8, 4) is 0 Å². The predicted molar refractivity (Wildman–Crippen MR) is 55.1 cm³/mol. The highest BCUT2D eigenvalue weighted by molar-refractivity contribution is 5.68. The minimum atomic E-state index is -0.981. The number of carboxylic acids is 1. The standard InChI is InChI=1S/C11H14FNO2/c1-6-3-4-8(12)7(2)11(6)9(13)5-10(14)15/h3-4,9H,5,13H2,1-2H3,(H,14,15). The topological polar surface area (TPSA) is 63.3 Å². The highest BCUT2D eigenvalue weighted by Gasteiger charge is 2.17. The first kappa shape index (κ1) is 11.7. The van der Waals surface area contributed by atoms with Crippen LogP contribution in [0, 0.1) is 19.7 Å². The molecule has 0 aromatic heterocycles. The molecule has 0 aliphatic carbocycles. The molecule has 0 aliphatic rings. The number of carbonyl (C=O) groups is 1. The second-order valence-electron chi connectivity index (χ2n) is 3.61. The number of halogens is 1. The van der Waals surface area contributed by atoms with Crippen LogP contribution in [0.25, 0.3) is 0 Å². The second kappa shape index (κ2) is 4.40. The van der Waals surface area contributed by atoms with Gasteiger partial charge in [-0.15, -0.1) is 0 Å². The Morgan fingerprint density at radius 3 is 2.67 bits per heavy atom. The van der Waals surface area contributed by atoms with Gasteiger partial charge in [-0.2, -0.15) is 0 Å². The van der Waals surface area contributed by atoms with Gasteiger partial charge in [0.15, 0.2) is 0 Å². The molecule has 0 amide bonds. The Labute approximate surface area is 87.7 Å². The SMILES string of the molecule is Cc1ccc(F)c(C)c1C(N)CC(=O)O. The molecule has 1 aromatic rings. The summed E-state index contributed by atoms with van der Waals surface area (Å²) in [5.74, 6) is -1.33. The lowest BCUT2D eigenvalue weighted by molar-refractivity contribution is -0.137. The molecule has 82 valence electrons. The zero-order valence-electron chi connectivity index (χ0n) is 8.75. The summed E-state index contributed by atoms with van der Waals surface area (Å²) < 4.78 is 13.3. The number of rotatable bonds is 3. The first-order valence-electron chi connectivity index (χ1n) is 4.66. The van der Waals surface area contributed by atoms with Crippen molar-refractivity contribution in [1.29, 1.82) is 0 Å². The summed E-state index contributed by atoms with van der Waals surface area (Å²) >= 11 is 0. The predicted octanol–water partition coefficient (Wildman–Crippen LogP) is 1.92. The van der Waals surface area contributed by atoms with Gasteiger partial charge in [-0.05, 0) is 36.6 Å². The molecular weight excluding hydrogens is 197 g/mol. The van der Waals surface area contributed by atoms with E-state index in [-0.39, 0.29) is 12.2 Å². The first-order valence-corrected chi connectivity index (χ1v) is 4.66. The monoisotopic (exact) mass is 211 g/mol. The number of nitrogens with two attached hydrogens (primary N) is 1. The molecule has 0 saturated carbocycles. The molecule has 0 saturated heterocycles. The van der Waals surface area contributed by atoms with Crippen molar-refractivity contribution >= 4 is 5.97 Å². The summed E-state index contributed by atoms with van der Waals surface area (Å²) in [5, 5.41) is 8.62. The normalized spacial score (nSPS) is 12.5. The zero-order valence-corrected chi connectivity index (χ0v) is 8.75. The van der Waals surface area contributed by atoms with Crippen LogP contribution in [0.1, 0.15) is 29.2 Å². The third kappa shape index (κ3) is 2.53. The Morgan fingerprint density at radius 1 is 1.53 bits per heavy atom. The van der Waals surface area contributed by atoms with Crippen LogP contribution < -0.4 is 5.73 Å². The van der Waals surface area contributed by atoms with Crippen molar-refractivity contribution in [3.63, 3.8) is 0 Å². The molecule has 0 spiro atoms. The lowest BCUT2D eigenvalue weighted by Gasteiger charge is -2.16. The smallest absolute Gasteiger partial charge is 0.305 e. The molecule has 0 radical (unpaired) electrons. The van der Waals surface area contributed by atoms with E-state index in [0.29, 0.717) is 11.1 Å². The van der Waals surface area contributed by atoms with Gasteiger partial charge in [0.2, 0.25) is 0 Å². The molecule has 1 unspecified atom stereocenters. The lowest BCUT2D eigenvalue weighted by Crippen LogP contribution is -2.18. The number of hydrogen-bond donors (Lipinski definition) is 2. The Morgan fingerprint density at radius 2 is 2.13 bits per heavy atom. The third-order valence-corrected chi connectivity index (χ3v) is 2.43. The van der Waals surface area contributed by atoms with Crippen molar-refractivity contribution < 1.29 is 14.3 Å². The van der Waals surface area contributed by atoms with Crippen LogP contribution in [-0.4, -0.2) is 11.1 Å². The summed E-state index contributed by atoms with van der Waals surface area (Å²) in [7, 11) is 0. The van der Waals surface area contributed by atoms with E-state index in [9.17, 15) is 9.18 Å². The minimum Gasteiger partial charge on any atom is -0.481 e. The van der Waals surface area contributed by atoms with Crippen LogP contribution in [0.3, 0.4) is 0 Å². The zero-order chi connectivity index (χ0) is 11.6. The quantitative estimate of drug-likeness (QED) is 0.802. The molecule has 1 aromatic carbocycles. The van der Waals surface area contributed by atoms with E-state index in [0.717, 1.165) is 5.56 Å². The van der Waals surface area contributed by atoms with Crippen LogP contribution in [0.5, 0.6) is 0 Å². The molecule has 0 fully saturated rings. The molecule has 0 bridgehead atoms. The van der Waals surface area contributed by atoms with Crippen LogP contribution in [0.4, 0.5) is 4.39 Å². The molecule has 15 heavy (non-hydrogen) atoms. The van der Waals surface area contributed by atoms with E-state index >= 15 is 0 Å². The Balaban J connectivity index is 3.12. The maximum atomic E-state index is 13.3. The Kier molecular flexibility index (Phi) is 3.42. The average Bonchev–Trinajstić information content (AvgIpc) is 2.11. The molecule has 0 heterocycles. The van der Waals surface area contributed by atoms with E-state index in [2.05, 4.69) is 0 Å².